The minimum atomic E-state index is 0.286. The number of aromatic nitrogens is 1. The lowest BCUT2D eigenvalue weighted by Gasteiger charge is -2.28. The molecule has 1 aliphatic rings. The normalized spacial score (nSPS) is 22.7. The van der Waals surface area contributed by atoms with Crippen molar-refractivity contribution in [3.63, 3.8) is 0 Å². The maximum atomic E-state index is 5.64. The number of pyridine rings is 1. The second-order valence-corrected chi connectivity index (χ2v) is 5.21. The standard InChI is InChI=1S/C15H25N3O/c1-4-9-16-11-13-6-5-7-15(17-13)18(3)14-8-10-19-12(14)2/h5-7,12,14,16H,4,8-11H2,1-3H3. The summed E-state index contributed by atoms with van der Waals surface area (Å²) >= 11 is 0. The highest BCUT2D eigenvalue weighted by atomic mass is 16.5. The number of nitrogens with zero attached hydrogens (tertiary/aromatic N) is 2. The zero-order valence-corrected chi connectivity index (χ0v) is 12.2. The molecular formula is C15H25N3O. The van der Waals surface area contributed by atoms with Crippen molar-refractivity contribution in [3.05, 3.63) is 23.9 Å². The molecule has 2 rings (SSSR count). The van der Waals surface area contributed by atoms with Crippen molar-refractivity contribution < 1.29 is 4.74 Å². The predicted molar refractivity (Wildman–Crippen MR) is 78.5 cm³/mol. The van der Waals surface area contributed by atoms with Gasteiger partial charge in [0.05, 0.1) is 17.8 Å². The Kier molecular flexibility index (Phi) is 5.16. The molecule has 2 heterocycles. The van der Waals surface area contributed by atoms with Gasteiger partial charge in [0.15, 0.2) is 0 Å². The first-order chi connectivity index (χ1) is 9.22. The van der Waals surface area contributed by atoms with Gasteiger partial charge in [-0.05, 0) is 38.4 Å². The van der Waals surface area contributed by atoms with Crippen LogP contribution in [0.4, 0.5) is 5.82 Å². The van der Waals surface area contributed by atoms with E-state index in [0.29, 0.717) is 6.04 Å². The molecule has 1 N–H and O–H groups in total. The van der Waals surface area contributed by atoms with Crippen LogP contribution in [0.25, 0.3) is 0 Å². The maximum absolute atomic E-state index is 5.64. The van der Waals surface area contributed by atoms with Crippen LogP contribution in [0, 0.1) is 0 Å². The van der Waals surface area contributed by atoms with E-state index in [0.717, 1.165) is 44.0 Å². The molecule has 0 radical (unpaired) electrons. The molecule has 106 valence electrons. The van der Waals surface area contributed by atoms with Crippen molar-refractivity contribution in [1.29, 1.82) is 0 Å². The van der Waals surface area contributed by atoms with Crippen LogP contribution in [0.1, 0.15) is 32.4 Å². The van der Waals surface area contributed by atoms with Gasteiger partial charge in [-0.2, -0.15) is 0 Å². The maximum Gasteiger partial charge on any atom is 0.128 e. The van der Waals surface area contributed by atoms with Crippen molar-refractivity contribution >= 4 is 5.82 Å². The molecule has 0 aromatic carbocycles. The third-order valence-electron chi connectivity index (χ3n) is 3.72. The summed E-state index contributed by atoms with van der Waals surface area (Å²) in [7, 11) is 2.11. The molecule has 4 heteroatoms. The minimum absolute atomic E-state index is 0.286. The van der Waals surface area contributed by atoms with Gasteiger partial charge in [-0.25, -0.2) is 4.98 Å². The van der Waals surface area contributed by atoms with Crippen LogP contribution in [0.3, 0.4) is 0 Å². The fourth-order valence-electron chi connectivity index (χ4n) is 2.55. The second kappa shape index (κ2) is 6.87. The zero-order valence-electron chi connectivity index (χ0n) is 12.2. The third-order valence-corrected chi connectivity index (χ3v) is 3.72. The average molecular weight is 263 g/mol. The van der Waals surface area contributed by atoms with Gasteiger partial charge in [-0.3, -0.25) is 0 Å². The van der Waals surface area contributed by atoms with Crippen molar-refractivity contribution in [2.24, 2.45) is 0 Å². The Bertz CT molecular complexity index is 397. The summed E-state index contributed by atoms with van der Waals surface area (Å²) in [5.41, 5.74) is 1.10. The fraction of sp³-hybridized carbons (Fsp3) is 0.667. The predicted octanol–water partition coefficient (Wildman–Crippen LogP) is 2.19. The average Bonchev–Trinajstić information content (AvgIpc) is 2.85. The molecule has 0 aliphatic carbocycles. The highest BCUT2D eigenvalue weighted by molar-refractivity contribution is 5.40. The first-order valence-corrected chi connectivity index (χ1v) is 7.23. The van der Waals surface area contributed by atoms with E-state index in [4.69, 9.17) is 9.72 Å². The number of likely N-dealkylation sites (N-methyl/N-ethyl adjacent to an activating group) is 1. The Balaban J connectivity index is 2.01. The molecule has 0 spiro atoms. The molecule has 2 unspecified atom stereocenters. The quantitative estimate of drug-likeness (QED) is 0.798. The summed E-state index contributed by atoms with van der Waals surface area (Å²) in [6.45, 7) is 7.04. The molecule has 19 heavy (non-hydrogen) atoms. The largest absolute Gasteiger partial charge is 0.376 e. The highest BCUT2D eigenvalue weighted by Gasteiger charge is 2.28. The van der Waals surface area contributed by atoms with Gasteiger partial charge in [0.25, 0.3) is 0 Å². The Morgan fingerprint density at radius 1 is 1.47 bits per heavy atom. The van der Waals surface area contributed by atoms with Crippen molar-refractivity contribution in [2.75, 3.05) is 25.1 Å². The van der Waals surface area contributed by atoms with Gasteiger partial charge in [0, 0.05) is 20.2 Å². The van der Waals surface area contributed by atoms with E-state index in [2.05, 4.69) is 49.3 Å². The molecule has 1 fully saturated rings. The molecule has 1 aromatic rings. The summed E-state index contributed by atoms with van der Waals surface area (Å²) in [6.07, 6.45) is 2.52. The van der Waals surface area contributed by atoms with Crippen LogP contribution in [-0.2, 0) is 11.3 Å². The summed E-state index contributed by atoms with van der Waals surface area (Å²) in [6, 6.07) is 6.68. The monoisotopic (exact) mass is 263 g/mol. The van der Waals surface area contributed by atoms with E-state index in [1.807, 2.05) is 0 Å². The van der Waals surface area contributed by atoms with E-state index in [-0.39, 0.29) is 6.10 Å². The SMILES string of the molecule is CCCNCc1cccc(N(C)C2CCOC2C)n1. The number of hydrogen-bond donors (Lipinski definition) is 1. The summed E-state index contributed by atoms with van der Waals surface area (Å²) < 4.78 is 5.64. The van der Waals surface area contributed by atoms with E-state index in [1.54, 1.807) is 0 Å². The topological polar surface area (TPSA) is 37.4 Å². The van der Waals surface area contributed by atoms with Gasteiger partial charge in [0.1, 0.15) is 5.82 Å². The van der Waals surface area contributed by atoms with Gasteiger partial charge in [-0.15, -0.1) is 0 Å². The van der Waals surface area contributed by atoms with E-state index < -0.39 is 0 Å². The van der Waals surface area contributed by atoms with Gasteiger partial charge in [-0.1, -0.05) is 13.0 Å². The molecule has 0 amide bonds. The van der Waals surface area contributed by atoms with Crippen molar-refractivity contribution in [1.82, 2.24) is 10.3 Å². The third kappa shape index (κ3) is 3.67. The van der Waals surface area contributed by atoms with Gasteiger partial charge in [0.2, 0.25) is 0 Å². The van der Waals surface area contributed by atoms with E-state index in [1.165, 1.54) is 0 Å². The Hall–Kier alpha value is -1.13. The Morgan fingerprint density at radius 2 is 2.32 bits per heavy atom. The Morgan fingerprint density at radius 3 is 3.00 bits per heavy atom. The summed E-state index contributed by atoms with van der Waals surface area (Å²) in [5.74, 6) is 1.04. The van der Waals surface area contributed by atoms with Crippen LogP contribution in [0.2, 0.25) is 0 Å². The number of anilines is 1. The van der Waals surface area contributed by atoms with Crippen LogP contribution in [-0.4, -0.2) is 37.3 Å². The molecule has 1 aliphatic heterocycles. The number of nitrogens with one attached hydrogen (secondary N) is 1. The lowest BCUT2D eigenvalue weighted by Crippen LogP contribution is -2.37. The second-order valence-electron chi connectivity index (χ2n) is 5.21. The minimum Gasteiger partial charge on any atom is -0.376 e. The zero-order chi connectivity index (χ0) is 13.7. The smallest absolute Gasteiger partial charge is 0.128 e. The van der Waals surface area contributed by atoms with Crippen molar-refractivity contribution in [2.45, 2.75) is 45.4 Å². The van der Waals surface area contributed by atoms with Crippen LogP contribution in [0.5, 0.6) is 0 Å². The number of hydrogen-bond acceptors (Lipinski definition) is 4. The van der Waals surface area contributed by atoms with Crippen LogP contribution < -0.4 is 10.2 Å². The summed E-state index contributed by atoms with van der Waals surface area (Å²) in [5, 5.41) is 3.39. The van der Waals surface area contributed by atoms with E-state index >= 15 is 0 Å². The molecule has 2 atom stereocenters. The molecule has 1 saturated heterocycles. The van der Waals surface area contributed by atoms with Gasteiger partial charge < -0.3 is 15.0 Å². The lowest BCUT2D eigenvalue weighted by molar-refractivity contribution is 0.118. The molecule has 0 saturated carbocycles. The fourth-order valence-corrected chi connectivity index (χ4v) is 2.55. The molecule has 1 aromatic heterocycles. The molecule has 0 bridgehead atoms. The lowest BCUT2D eigenvalue weighted by atomic mass is 10.1. The molecule has 4 nitrogen and oxygen atoms in total. The van der Waals surface area contributed by atoms with Crippen LogP contribution >= 0.6 is 0 Å². The van der Waals surface area contributed by atoms with E-state index in [9.17, 15) is 0 Å². The number of ether oxygens (including phenoxy) is 1. The molecular weight excluding hydrogens is 238 g/mol. The van der Waals surface area contributed by atoms with Crippen molar-refractivity contribution in [3.8, 4) is 0 Å². The Labute approximate surface area is 116 Å². The highest BCUT2D eigenvalue weighted by Crippen LogP contribution is 2.22. The number of rotatable bonds is 6. The first-order valence-electron chi connectivity index (χ1n) is 7.23. The van der Waals surface area contributed by atoms with Crippen LogP contribution in [0.15, 0.2) is 18.2 Å². The van der Waals surface area contributed by atoms with Gasteiger partial charge >= 0.3 is 0 Å². The summed E-state index contributed by atoms with van der Waals surface area (Å²) in [4.78, 5) is 6.98. The first kappa shape index (κ1) is 14.3.